The molecule has 7 heteroatoms. The zero-order valence-corrected chi connectivity index (χ0v) is 14.1. The van der Waals surface area contributed by atoms with Gasteiger partial charge in [0.25, 0.3) is 0 Å². The minimum Gasteiger partial charge on any atom is -0.241 e. The summed E-state index contributed by atoms with van der Waals surface area (Å²) in [6.45, 7) is 1.85. The Balaban J connectivity index is 1.91. The second kappa shape index (κ2) is 6.41. The van der Waals surface area contributed by atoms with Crippen molar-refractivity contribution < 1.29 is 0 Å². The van der Waals surface area contributed by atoms with Crippen molar-refractivity contribution in [3.8, 4) is 28.3 Å². The largest absolute Gasteiger partial charge is 0.241 e. The Morgan fingerprint density at radius 2 is 1.72 bits per heavy atom. The maximum atomic E-state index is 6.01. The SMILES string of the molecule is Cc1ncc(-c2nnnn2-c2ccccc2)c(-c2ccc(Cl)cc2)n1. The van der Waals surface area contributed by atoms with E-state index in [1.54, 1.807) is 10.9 Å². The Morgan fingerprint density at radius 3 is 2.48 bits per heavy atom. The Hall–Kier alpha value is -3.12. The molecule has 0 N–H and O–H groups in total. The van der Waals surface area contributed by atoms with Crippen molar-refractivity contribution in [3.05, 3.63) is 71.6 Å². The Morgan fingerprint density at radius 1 is 0.960 bits per heavy atom. The predicted octanol–water partition coefficient (Wildman–Crippen LogP) is 3.75. The maximum absolute atomic E-state index is 6.01. The van der Waals surface area contributed by atoms with E-state index in [0.29, 0.717) is 16.7 Å². The number of nitrogens with zero attached hydrogens (tertiary/aromatic N) is 6. The van der Waals surface area contributed by atoms with Crippen molar-refractivity contribution in [1.82, 2.24) is 30.2 Å². The van der Waals surface area contributed by atoms with Crippen LogP contribution in [-0.4, -0.2) is 30.2 Å². The summed E-state index contributed by atoms with van der Waals surface area (Å²) < 4.78 is 1.67. The van der Waals surface area contributed by atoms with Gasteiger partial charge in [0.2, 0.25) is 0 Å². The number of rotatable bonds is 3. The highest BCUT2D eigenvalue weighted by atomic mass is 35.5. The highest BCUT2D eigenvalue weighted by molar-refractivity contribution is 6.30. The van der Waals surface area contributed by atoms with Crippen molar-refractivity contribution in [3.63, 3.8) is 0 Å². The Kier molecular flexibility index (Phi) is 3.95. The molecule has 0 radical (unpaired) electrons. The summed E-state index contributed by atoms with van der Waals surface area (Å²) in [5.74, 6) is 1.25. The highest BCUT2D eigenvalue weighted by Crippen LogP contribution is 2.30. The first-order chi connectivity index (χ1) is 12.2. The zero-order chi connectivity index (χ0) is 17.2. The predicted molar refractivity (Wildman–Crippen MR) is 95.4 cm³/mol. The molecule has 0 fully saturated rings. The molecule has 0 atom stereocenters. The molecule has 2 heterocycles. The van der Waals surface area contributed by atoms with E-state index in [1.807, 2.05) is 61.5 Å². The number of benzene rings is 2. The van der Waals surface area contributed by atoms with Crippen LogP contribution in [0.15, 0.2) is 60.8 Å². The zero-order valence-electron chi connectivity index (χ0n) is 13.3. The summed E-state index contributed by atoms with van der Waals surface area (Å²) in [5.41, 5.74) is 3.30. The van der Waals surface area contributed by atoms with E-state index in [0.717, 1.165) is 22.5 Å². The first-order valence-electron chi connectivity index (χ1n) is 7.66. The molecule has 0 spiro atoms. The monoisotopic (exact) mass is 348 g/mol. The first-order valence-corrected chi connectivity index (χ1v) is 8.04. The average molecular weight is 349 g/mol. The third-order valence-electron chi connectivity index (χ3n) is 3.74. The molecular weight excluding hydrogens is 336 g/mol. The van der Waals surface area contributed by atoms with Gasteiger partial charge in [0.15, 0.2) is 5.82 Å². The van der Waals surface area contributed by atoms with Gasteiger partial charge in [0, 0.05) is 16.8 Å². The van der Waals surface area contributed by atoms with Gasteiger partial charge >= 0.3 is 0 Å². The number of aromatic nitrogens is 6. The third-order valence-corrected chi connectivity index (χ3v) is 3.99. The van der Waals surface area contributed by atoms with Crippen LogP contribution in [-0.2, 0) is 0 Å². The highest BCUT2D eigenvalue weighted by Gasteiger charge is 2.17. The molecule has 0 bridgehead atoms. The maximum Gasteiger partial charge on any atom is 0.190 e. The van der Waals surface area contributed by atoms with Gasteiger partial charge in [-0.2, -0.15) is 4.68 Å². The molecule has 0 aliphatic carbocycles. The minimum absolute atomic E-state index is 0.580. The quantitative estimate of drug-likeness (QED) is 0.564. The number of halogens is 1. The smallest absolute Gasteiger partial charge is 0.190 e. The lowest BCUT2D eigenvalue weighted by Crippen LogP contribution is -2.03. The normalized spacial score (nSPS) is 10.8. The van der Waals surface area contributed by atoms with Gasteiger partial charge in [-0.05, 0) is 41.6 Å². The van der Waals surface area contributed by atoms with E-state index in [4.69, 9.17) is 11.6 Å². The van der Waals surface area contributed by atoms with Crippen molar-refractivity contribution in [2.75, 3.05) is 0 Å². The van der Waals surface area contributed by atoms with Crippen molar-refractivity contribution in [2.45, 2.75) is 6.92 Å². The van der Waals surface area contributed by atoms with Crippen molar-refractivity contribution >= 4 is 11.6 Å². The van der Waals surface area contributed by atoms with E-state index >= 15 is 0 Å². The van der Waals surface area contributed by atoms with E-state index in [1.165, 1.54) is 0 Å². The van der Waals surface area contributed by atoms with Crippen LogP contribution in [0.3, 0.4) is 0 Å². The Labute approximate surface area is 149 Å². The lowest BCUT2D eigenvalue weighted by Gasteiger charge is -2.10. The summed E-state index contributed by atoms with van der Waals surface area (Å²) in [5, 5.41) is 12.8. The molecule has 4 aromatic rings. The van der Waals surface area contributed by atoms with Crippen LogP contribution < -0.4 is 0 Å². The van der Waals surface area contributed by atoms with Crippen LogP contribution >= 0.6 is 11.6 Å². The van der Waals surface area contributed by atoms with Crippen LogP contribution in [0.5, 0.6) is 0 Å². The fourth-order valence-corrected chi connectivity index (χ4v) is 2.69. The fourth-order valence-electron chi connectivity index (χ4n) is 2.56. The summed E-state index contributed by atoms with van der Waals surface area (Å²) in [7, 11) is 0. The molecule has 0 saturated heterocycles. The summed E-state index contributed by atoms with van der Waals surface area (Å²) >= 11 is 6.01. The molecule has 0 amide bonds. The molecule has 0 unspecified atom stereocenters. The van der Waals surface area contributed by atoms with Gasteiger partial charge in [-0.3, -0.25) is 0 Å². The van der Waals surface area contributed by atoms with Gasteiger partial charge in [0.1, 0.15) is 5.82 Å². The van der Waals surface area contributed by atoms with Crippen molar-refractivity contribution in [1.29, 1.82) is 0 Å². The number of tetrazole rings is 1. The van der Waals surface area contributed by atoms with Crippen LogP contribution in [0, 0.1) is 6.92 Å². The molecule has 122 valence electrons. The number of aryl methyl sites for hydroxylation is 1. The third kappa shape index (κ3) is 2.99. The molecule has 6 nitrogen and oxygen atoms in total. The van der Waals surface area contributed by atoms with Gasteiger partial charge < -0.3 is 0 Å². The van der Waals surface area contributed by atoms with Crippen molar-refractivity contribution in [2.24, 2.45) is 0 Å². The van der Waals surface area contributed by atoms with Crippen LogP contribution in [0.1, 0.15) is 5.82 Å². The lowest BCUT2D eigenvalue weighted by molar-refractivity contribution is 0.791. The second-order valence-electron chi connectivity index (χ2n) is 5.44. The first kappa shape index (κ1) is 15.4. The molecule has 2 aromatic heterocycles. The average Bonchev–Trinajstić information content (AvgIpc) is 3.12. The second-order valence-corrected chi connectivity index (χ2v) is 5.87. The Bertz CT molecular complexity index is 1010. The van der Waals surface area contributed by atoms with Gasteiger partial charge in [-0.15, -0.1) is 5.10 Å². The van der Waals surface area contributed by atoms with Gasteiger partial charge in [-0.25, -0.2) is 9.97 Å². The number of para-hydroxylation sites is 1. The van der Waals surface area contributed by atoms with E-state index in [2.05, 4.69) is 25.5 Å². The van der Waals surface area contributed by atoms with Crippen LogP contribution in [0.4, 0.5) is 0 Å². The van der Waals surface area contributed by atoms with Crippen LogP contribution in [0.25, 0.3) is 28.3 Å². The van der Waals surface area contributed by atoms with E-state index in [9.17, 15) is 0 Å². The molecule has 0 aliphatic rings. The molecule has 0 aliphatic heterocycles. The molecular formula is C18H13ClN6. The van der Waals surface area contributed by atoms with E-state index < -0.39 is 0 Å². The van der Waals surface area contributed by atoms with Gasteiger partial charge in [-0.1, -0.05) is 41.9 Å². The van der Waals surface area contributed by atoms with E-state index in [-0.39, 0.29) is 0 Å². The fraction of sp³-hybridized carbons (Fsp3) is 0.0556. The minimum atomic E-state index is 0.580. The summed E-state index contributed by atoms with van der Waals surface area (Å²) in [4.78, 5) is 8.93. The van der Waals surface area contributed by atoms with Gasteiger partial charge in [0.05, 0.1) is 16.9 Å². The summed E-state index contributed by atoms with van der Waals surface area (Å²) in [6, 6.07) is 17.2. The molecule has 25 heavy (non-hydrogen) atoms. The van der Waals surface area contributed by atoms with Crippen LogP contribution in [0.2, 0.25) is 5.02 Å². The summed E-state index contributed by atoms with van der Waals surface area (Å²) in [6.07, 6.45) is 1.75. The number of hydrogen-bond acceptors (Lipinski definition) is 5. The topological polar surface area (TPSA) is 69.4 Å². The molecule has 0 saturated carbocycles. The lowest BCUT2D eigenvalue weighted by atomic mass is 10.1. The molecule has 2 aromatic carbocycles. The molecule has 4 rings (SSSR count). The number of hydrogen-bond donors (Lipinski definition) is 0. The standard InChI is InChI=1S/C18H13ClN6/c1-12-20-11-16(17(21-12)13-7-9-14(19)10-8-13)18-22-23-24-25(18)15-5-3-2-4-6-15/h2-11H,1H3.